The van der Waals surface area contributed by atoms with Crippen molar-refractivity contribution in [1.29, 1.82) is 0 Å². The summed E-state index contributed by atoms with van der Waals surface area (Å²) in [6.07, 6.45) is 4.57. The summed E-state index contributed by atoms with van der Waals surface area (Å²) in [5.74, 6) is 5.22. The molecule has 98 valence electrons. The van der Waals surface area contributed by atoms with Gasteiger partial charge in [0.05, 0.1) is 6.04 Å². The Labute approximate surface area is 103 Å². The maximum atomic E-state index is 11.8. The van der Waals surface area contributed by atoms with Crippen molar-refractivity contribution in [2.45, 2.75) is 44.7 Å². The highest BCUT2D eigenvalue weighted by Gasteiger charge is 2.32. The van der Waals surface area contributed by atoms with Gasteiger partial charge in [-0.1, -0.05) is 6.92 Å². The lowest BCUT2D eigenvalue weighted by atomic mass is 10.1. The molecule has 17 heavy (non-hydrogen) atoms. The average Bonchev–Trinajstić information content (AvgIpc) is 2.68. The van der Waals surface area contributed by atoms with Crippen LogP contribution in [0.4, 0.5) is 0 Å². The van der Waals surface area contributed by atoms with Gasteiger partial charge in [-0.25, -0.2) is 5.84 Å². The van der Waals surface area contributed by atoms with Gasteiger partial charge in [0.25, 0.3) is 5.91 Å². The molecule has 0 aliphatic carbocycles. The maximum absolute atomic E-state index is 11.8. The summed E-state index contributed by atoms with van der Waals surface area (Å²) in [5, 5.41) is 0. The molecule has 2 unspecified atom stereocenters. The molecule has 0 aromatic heterocycles. The number of carbonyl (C=O) groups is 1. The molecule has 5 nitrogen and oxygen atoms in total. The minimum atomic E-state index is -0.0550. The highest BCUT2D eigenvalue weighted by Crippen LogP contribution is 2.22. The first-order valence-corrected chi connectivity index (χ1v) is 6.74. The van der Waals surface area contributed by atoms with Crippen LogP contribution in [0.5, 0.6) is 0 Å². The number of fused-ring (bicyclic) bond motifs is 1. The van der Waals surface area contributed by atoms with Gasteiger partial charge in [-0.3, -0.25) is 20.0 Å². The van der Waals surface area contributed by atoms with Gasteiger partial charge >= 0.3 is 0 Å². The normalized spacial score (nSPS) is 28.5. The number of amides is 1. The number of hydrogen-bond donors (Lipinski definition) is 2. The SMILES string of the molecule is CCC(C(=O)NN)N1CCCN2CCCC2C1. The molecule has 0 aromatic rings. The number of carbonyl (C=O) groups excluding carboxylic acids is 1. The summed E-state index contributed by atoms with van der Waals surface area (Å²) < 4.78 is 0. The van der Waals surface area contributed by atoms with Crippen molar-refractivity contribution < 1.29 is 4.79 Å². The van der Waals surface area contributed by atoms with Crippen LogP contribution in [0.15, 0.2) is 0 Å². The van der Waals surface area contributed by atoms with Crippen LogP contribution in [0.1, 0.15) is 32.6 Å². The molecule has 0 spiro atoms. The van der Waals surface area contributed by atoms with Gasteiger partial charge in [0, 0.05) is 19.1 Å². The van der Waals surface area contributed by atoms with E-state index in [4.69, 9.17) is 5.84 Å². The molecule has 2 atom stereocenters. The Hall–Kier alpha value is -0.650. The number of rotatable bonds is 3. The molecule has 2 rings (SSSR count). The molecular formula is C12H24N4O. The fraction of sp³-hybridized carbons (Fsp3) is 0.917. The third-order valence-electron chi connectivity index (χ3n) is 4.11. The van der Waals surface area contributed by atoms with E-state index in [0.717, 1.165) is 25.9 Å². The van der Waals surface area contributed by atoms with Crippen LogP contribution in [0.25, 0.3) is 0 Å². The second-order valence-corrected chi connectivity index (χ2v) is 5.11. The van der Waals surface area contributed by atoms with E-state index >= 15 is 0 Å². The third-order valence-corrected chi connectivity index (χ3v) is 4.11. The molecule has 2 saturated heterocycles. The molecule has 2 fully saturated rings. The number of nitrogens with zero attached hydrogens (tertiary/aromatic N) is 2. The Kier molecular flexibility index (Phi) is 4.36. The number of hydrazine groups is 1. The minimum Gasteiger partial charge on any atom is -0.299 e. The van der Waals surface area contributed by atoms with Crippen molar-refractivity contribution in [2.75, 3.05) is 26.2 Å². The van der Waals surface area contributed by atoms with Crippen LogP contribution < -0.4 is 11.3 Å². The van der Waals surface area contributed by atoms with Crippen molar-refractivity contribution >= 4 is 5.91 Å². The molecule has 0 saturated carbocycles. The maximum Gasteiger partial charge on any atom is 0.251 e. The van der Waals surface area contributed by atoms with Gasteiger partial charge in [-0.2, -0.15) is 0 Å². The standard InChI is InChI=1S/C12H24N4O/c1-2-11(12(17)14-13)16-8-4-7-15-6-3-5-10(15)9-16/h10-11H,2-9,13H2,1H3,(H,14,17). The molecule has 2 aliphatic rings. The van der Waals surface area contributed by atoms with Crippen LogP contribution in [-0.2, 0) is 4.79 Å². The number of nitrogens with one attached hydrogen (secondary N) is 1. The summed E-state index contributed by atoms with van der Waals surface area (Å²) in [5.41, 5.74) is 2.30. The summed E-state index contributed by atoms with van der Waals surface area (Å²) >= 11 is 0. The molecule has 0 aromatic carbocycles. The zero-order chi connectivity index (χ0) is 12.3. The summed E-state index contributed by atoms with van der Waals surface area (Å²) in [4.78, 5) is 16.6. The molecular weight excluding hydrogens is 216 g/mol. The Balaban J connectivity index is 2.01. The third kappa shape index (κ3) is 2.78. The summed E-state index contributed by atoms with van der Waals surface area (Å²) in [7, 11) is 0. The van der Waals surface area contributed by atoms with Crippen molar-refractivity contribution in [3.63, 3.8) is 0 Å². The van der Waals surface area contributed by atoms with Gasteiger partial charge in [0.15, 0.2) is 0 Å². The fourth-order valence-corrected chi connectivity index (χ4v) is 3.22. The van der Waals surface area contributed by atoms with Crippen LogP contribution in [0, 0.1) is 0 Å². The number of nitrogens with two attached hydrogens (primary N) is 1. The monoisotopic (exact) mass is 240 g/mol. The summed E-state index contributed by atoms with van der Waals surface area (Å²) in [6.45, 7) is 6.50. The lowest BCUT2D eigenvalue weighted by molar-refractivity contribution is -0.126. The Morgan fingerprint density at radius 2 is 2.18 bits per heavy atom. The van der Waals surface area contributed by atoms with Crippen LogP contribution >= 0.6 is 0 Å². The van der Waals surface area contributed by atoms with E-state index < -0.39 is 0 Å². The lowest BCUT2D eigenvalue weighted by Gasteiger charge is -2.30. The molecule has 2 aliphatic heterocycles. The predicted molar refractivity (Wildman–Crippen MR) is 67.2 cm³/mol. The lowest BCUT2D eigenvalue weighted by Crippen LogP contribution is -2.51. The Morgan fingerprint density at radius 1 is 1.41 bits per heavy atom. The van der Waals surface area contributed by atoms with E-state index in [0.29, 0.717) is 6.04 Å². The van der Waals surface area contributed by atoms with Crippen LogP contribution in [-0.4, -0.2) is 54.0 Å². The topological polar surface area (TPSA) is 61.6 Å². The second-order valence-electron chi connectivity index (χ2n) is 5.11. The van der Waals surface area contributed by atoms with Gasteiger partial charge < -0.3 is 0 Å². The number of hydrogen-bond acceptors (Lipinski definition) is 4. The second kappa shape index (κ2) is 5.80. The molecule has 5 heteroatoms. The summed E-state index contributed by atoms with van der Waals surface area (Å²) in [6, 6.07) is 0.595. The first kappa shape index (κ1) is 12.8. The smallest absolute Gasteiger partial charge is 0.251 e. The Bertz CT molecular complexity index is 271. The van der Waals surface area contributed by atoms with Gasteiger partial charge in [-0.15, -0.1) is 0 Å². The minimum absolute atomic E-state index is 0.0426. The Morgan fingerprint density at radius 3 is 2.88 bits per heavy atom. The van der Waals surface area contributed by atoms with E-state index in [1.54, 1.807) is 0 Å². The van der Waals surface area contributed by atoms with Crippen molar-refractivity contribution in [3.05, 3.63) is 0 Å². The molecule has 1 amide bonds. The van der Waals surface area contributed by atoms with Crippen molar-refractivity contribution in [1.82, 2.24) is 15.2 Å². The predicted octanol–water partition coefficient (Wildman–Crippen LogP) is -0.0750. The van der Waals surface area contributed by atoms with Gasteiger partial charge in [0.2, 0.25) is 0 Å². The zero-order valence-electron chi connectivity index (χ0n) is 10.7. The first-order chi connectivity index (χ1) is 8.26. The molecule has 0 bridgehead atoms. The first-order valence-electron chi connectivity index (χ1n) is 6.74. The quantitative estimate of drug-likeness (QED) is 0.412. The zero-order valence-corrected chi connectivity index (χ0v) is 10.7. The highest BCUT2D eigenvalue weighted by molar-refractivity contribution is 5.81. The van der Waals surface area contributed by atoms with Gasteiger partial charge in [-0.05, 0) is 38.8 Å². The van der Waals surface area contributed by atoms with Crippen LogP contribution in [0.3, 0.4) is 0 Å². The van der Waals surface area contributed by atoms with E-state index in [-0.39, 0.29) is 11.9 Å². The molecule has 0 radical (unpaired) electrons. The highest BCUT2D eigenvalue weighted by atomic mass is 16.2. The fourth-order valence-electron chi connectivity index (χ4n) is 3.22. The van der Waals surface area contributed by atoms with Crippen LogP contribution in [0.2, 0.25) is 0 Å². The van der Waals surface area contributed by atoms with E-state index in [1.165, 1.54) is 25.9 Å². The molecule has 3 N–H and O–H groups in total. The van der Waals surface area contributed by atoms with Gasteiger partial charge in [0.1, 0.15) is 0 Å². The molecule has 2 heterocycles. The van der Waals surface area contributed by atoms with E-state index in [1.807, 2.05) is 0 Å². The largest absolute Gasteiger partial charge is 0.299 e. The van der Waals surface area contributed by atoms with E-state index in [2.05, 4.69) is 22.1 Å². The van der Waals surface area contributed by atoms with Crippen molar-refractivity contribution in [3.8, 4) is 0 Å². The average molecular weight is 240 g/mol. The van der Waals surface area contributed by atoms with E-state index in [9.17, 15) is 4.79 Å². The van der Waals surface area contributed by atoms with Crippen molar-refractivity contribution in [2.24, 2.45) is 5.84 Å².